The smallest absolute Gasteiger partial charge is 0.283 e. The molecule has 0 atom stereocenters. The number of pyridine rings is 1. The Morgan fingerprint density at radius 3 is 2.41 bits per heavy atom. The standard InChI is InChI=1S/C23H22F3N3O3/c1-28(2)14-16-11-15(12-17-19(25)5-3-6-20(17)26)13-18(23(16)29(30)31)21-7-4-8-22(27-21)32-10-9-24/h3-8,11,13H,9-10,12,14H2,1-2H3. The molecule has 0 bridgehead atoms. The van der Waals surface area contributed by atoms with Crippen molar-refractivity contribution in [3.63, 3.8) is 0 Å². The number of nitro groups is 1. The molecule has 0 radical (unpaired) electrons. The lowest BCUT2D eigenvalue weighted by Gasteiger charge is -2.15. The van der Waals surface area contributed by atoms with Gasteiger partial charge in [0.1, 0.15) is 24.9 Å². The Balaban J connectivity index is 2.18. The van der Waals surface area contributed by atoms with Gasteiger partial charge in [0.15, 0.2) is 0 Å². The van der Waals surface area contributed by atoms with Crippen molar-refractivity contribution in [3.05, 3.63) is 87.0 Å². The third-order valence-electron chi connectivity index (χ3n) is 4.69. The Kier molecular flexibility index (Phi) is 7.42. The first kappa shape index (κ1) is 23.2. The first-order valence-electron chi connectivity index (χ1n) is 9.84. The van der Waals surface area contributed by atoms with Gasteiger partial charge in [-0.15, -0.1) is 0 Å². The van der Waals surface area contributed by atoms with E-state index < -0.39 is 23.2 Å². The van der Waals surface area contributed by atoms with Crippen LogP contribution in [0.2, 0.25) is 0 Å². The summed E-state index contributed by atoms with van der Waals surface area (Å²) < 4.78 is 46.1. The first-order chi connectivity index (χ1) is 15.3. The van der Waals surface area contributed by atoms with Gasteiger partial charge in [-0.3, -0.25) is 10.1 Å². The zero-order valence-corrected chi connectivity index (χ0v) is 17.6. The average molecular weight is 445 g/mol. The SMILES string of the molecule is CN(C)Cc1cc(Cc2c(F)cccc2F)cc(-c2cccc(OCCF)n2)c1[N+](=O)[O-]. The summed E-state index contributed by atoms with van der Waals surface area (Å²) in [6.07, 6.45) is -0.0953. The highest BCUT2D eigenvalue weighted by Crippen LogP contribution is 2.35. The maximum Gasteiger partial charge on any atom is 0.283 e. The number of hydrogen-bond donors (Lipinski definition) is 0. The molecule has 9 heteroatoms. The summed E-state index contributed by atoms with van der Waals surface area (Å²) in [4.78, 5) is 17.5. The van der Waals surface area contributed by atoms with E-state index in [1.807, 2.05) is 0 Å². The molecule has 1 aromatic heterocycles. The number of aromatic nitrogens is 1. The van der Waals surface area contributed by atoms with Crippen molar-refractivity contribution >= 4 is 5.69 Å². The van der Waals surface area contributed by atoms with E-state index in [0.29, 0.717) is 11.1 Å². The van der Waals surface area contributed by atoms with Crippen LogP contribution in [0.15, 0.2) is 48.5 Å². The number of alkyl halides is 1. The second kappa shape index (κ2) is 10.2. The van der Waals surface area contributed by atoms with E-state index in [2.05, 4.69) is 4.98 Å². The molecule has 0 spiro atoms. The van der Waals surface area contributed by atoms with Crippen molar-refractivity contribution in [2.75, 3.05) is 27.4 Å². The Hall–Kier alpha value is -3.46. The molecule has 0 aliphatic carbocycles. The fraction of sp³-hybridized carbons (Fsp3) is 0.261. The third kappa shape index (κ3) is 5.42. The van der Waals surface area contributed by atoms with E-state index in [1.165, 1.54) is 30.3 Å². The van der Waals surface area contributed by atoms with E-state index in [1.54, 1.807) is 37.2 Å². The van der Waals surface area contributed by atoms with Crippen molar-refractivity contribution in [1.82, 2.24) is 9.88 Å². The predicted molar refractivity (Wildman–Crippen MR) is 114 cm³/mol. The second-order valence-electron chi connectivity index (χ2n) is 7.42. The molecule has 0 unspecified atom stereocenters. The van der Waals surface area contributed by atoms with Crippen LogP contribution in [0.4, 0.5) is 18.9 Å². The zero-order chi connectivity index (χ0) is 23.3. The summed E-state index contributed by atoms with van der Waals surface area (Å²) in [7, 11) is 3.52. The van der Waals surface area contributed by atoms with Crippen molar-refractivity contribution in [2.24, 2.45) is 0 Å². The molecule has 32 heavy (non-hydrogen) atoms. The van der Waals surface area contributed by atoms with Crippen molar-refractivity contribution < 1.29 is 22.8 Å². The minimum atomic E-state index is -0.706. The van der Waals surface area contributed by atoms with E-state index in [4.69, 9.17) is 4.74 Å². The number of ether oxygens (including phenoxy) is 1. The minimum absolute atomic E-state index is 0.0953. The van der Waals surface area contributed by atoms with Gasteiger partial charge in [0.05, 0.1) is 16.2 Å². The molecule has 2 aromatic carbocycles. The van der Waals surface area contributed by atoms with Crippen LogP contribution < -0.4 is 4.74 Å². The lowest BCUT2D eigenvalue weighted by molar-refractivity contribution is -0.385. The van der Waals surface area contributed by atoms with Crippen LogP contribution in [0, 0.1) is 21.7 Å². The van der Waals surface area contributed by atoms with Crippen LogP contribution in [0.1, 0.15) is 16.7 Å². The summed E-state index contributed by atoms with van der Waals surface area (Å²) >= 11 is 0. The monoisotopic (exact) mass is 445 g/mol. The Labute approximate surface area is 183 Å². The van der Waals surface area contributed by atoms with Crippen molar-refractivity contribution in [3.8, 4) is 17.1 Å². The van der Waals surface area contributed by atoms with E-state index in [9.17, 15) is 23.3 Å². The highest BCUT2D eigenvalue weighted by atomic mass is 19.1. The number of nitrogens with zero attached hydrogens (tertiary/aromatic N) is 3. The minimum Gasteiger partial charge on any atom is -0.475 e. The molecule has 1 heterocycles. The van der Waals surface area contributed by atoms with Gasteiger partial charge in [0.2, 0.25) is 5.88 Å². The van der Waals surface area contributed by atoms with E-state index in [-0.39, 0.29) is 48.0 Å². The average Bonchev–Trinajstić information content (AvgIpc) is 2.74. The van der Waals surface area contributed by atoms with Crippen LogP contribution in [-0.4, -0.2) is 42.2 Å². The normalized spacial score (nSPS) is 11.1. The zero-order valence-electron chi connectivity index (χ0n) is 17.6. The maximum atomic E-state index is 14.2. The summed E-state index contributed by atoms with van der Waals surface area (Å²) in [6.45, 7) is -0.672. The number of hydrogen-bond acceptors (Lipinski definition) is 5. The first-order valence-corrected chi connectivity index (χ1v) is 9.84. The highest BCUT2D eigenvalue weighted by Gasteiger charge is 2.24. The molecule has 0 amide bonds. The van der Waals surface area contributed by atoms with Gasteiger partial charge < -0.3 is 9.64 Å². The largest absolute Gasteiger partial charge is 0.475 e. The molecule has 3 rings (SSSR count). The number of halogens is 3. The molecule has 0 aliphatic heterocycles. The number of nitro benzene ring substituents is 1. The molecule has 168 valence electrons. The van der Waals surface area contributed by atoms with Gasteiger partial charge in [-0.05, 0) is 50.0 Å². The molecule has 6 nitrogen and oxygen atoms in total. The lowest BCUT2D eigenvalue weighted by atomic mass is 9.95. The molecule has 0 saturated carbocycles. The number of benzene rings is 2. The molecular formula is C23H22F3N3O3. The Morgan fingerprint density at radius 1 is 1.09 bits per heavy atom. The van der Waals surface area contributed by atoms with Crippen LogP contribution in [-0.2, 0) is 13.0 Å². The molecule has 3 aromatic rings. The van der Waals surface area contributed by atoms with Gasteiger partial charge in [-0.1, -0.05) is 12.1 Å². The van der Waals surface area contributed by atoms with Crippen LogP contribution in [0.25, 0.3) is 11.3 Å². The summed E-state index contributed by atoms with van der Waals surface area (Å²) in [5.41, 5.74) is 1.00. The van der Waals surface area contributed by atoms with Gasteiger partial charge in [-0.25, -0.2) is 18.2 Å². The van der Waals surface area contributed by atoms with Crippen LogP contribution in [0.3, 0.4) is 0 Å². The molecule has 0 fully saturated rings. The topological polar surface area (TPSA) is 68.5 Å². The van der Waals surface area contributed by atoms with Gasteiger partial charge >= 0.3 is 0 Å². The van der Waals surface area contributed by atoms with Crippen molar-refractivity contribution in [1.29, 1.82) is 0 Å². The Morgan fingerprint density at radius 2 is 1.78 bits per heavy atom. The maximum absolute atomic E-state index is 14.2. The third-order valence-corrected chi connectivity index (χ3v) is 4.69. The van der Waals surface area contributed by atoms with Gasteiger partial charge in [0.25, 0.3) is 5.69 Å². The predicted octanol–water partition coefficient (Wildman–Crippen LogP) is 4.94. The molecular weight excluding hydrogens is 423 g/mol. The van der Waals surface area contributed by atoms with Crippen molar-refractivity contribution in [2.45, 2.75) is 13.0 Å². The van der Waals surface area contributed by atoms with E-state index >= 15 is 0 Å². The fourth-order valence-electron chi connectivity index (χ4n) is 3.43. The number of rotatable bonds is 9. The van der Waals surface area contributed by atoms with Gasteiger partial charge in [0, 0.05) is 30.2 Å². The highest BCUT2D eigenvalue weighted by molar-refractivity contribution is 5.74. The van der Waals surface area contributed by atoms with Crippen LogP contribution in [0.5, 0.6) is 5.88 Å². The second-order valence-corrected chi connectivity index (χ2v) is 7.42. The fourth-order valence-corrected chi connectivity index (χ4v) is 3.43. The van der Waals surface area contributed by atoms with Crippen LogP contribution >= 0.6 is 0 Å². The molecule has 0 N–H and O–H groups in total. The van der Waals surface area contributed by atoms with Gasteiger partial charge in [-0.2, -0.15) is 0 Å². The quantitative estimate of drug-likeness (QED) is 0.345. The lowest BCUT2D eigenvalue weighted by Crippen LogP contribution is -2.13. The summed E-state index contributed by atoms with van der Waals surface area (Å²) in [5, 5.41) is 12.0. The van der Waals surface area contributed by atoms with E-state index in [0.717, 1.165) is 0 Å². The Bertz CT molecular complexity index is 1100. The summed E-state index contributed by atoms with van der Waals surface area (Å²) in [5.74, 6) is -1.27. The molecule has 0 saturated heterocycles. The summed E-state index contributed by atoms with van der Waals surface area (Å²) in [6, 6.07) is 11.4. The molecule has 0 aliphatic rings.